The second-order valence-electron chi connectivity index (χ2n) is 3.30. The van der Waals surface area contributed by atoms with Crippen LogP contribution < -0.4 is 10.4 Å². The minimum Gasteiger partial charge on any atom is -0.289 e. The highest BCUT2D eigenvalue weighted by atomic mass is 16.1. The fourth-order valence-electron chi connectivity index (χ4n) is 1.84. The van der Waals surface area contributed by atoms with Crippen LogP contribution in [0.15, 0.2) is 41.5 Å². The summed E-state index contributed by atoms with van der Waals surface area (Å²) >= 11 is 0. The van der Waals surface area contributed by atoms with Crippen LogP contribution in [-0.4, -0.2) is 11.5 Å². The van der Waals surface area contributed by atoms with Gasteiger partial charge in [-0.1, -0.05) is 24.3 Å². The zero-order valence-corrected chi connectivity index (χ0v) is 7.40. The van der Waals surface area contributed by atoms with E-state index in [-0.39, 0.29) is 5.78 Å². The topological polar surface area (TPSA) is 29.4 Å². The van der Waals surface area contributed by atoms with E-state index in [0.717, 1.165) is 21.7 Å². The quantitative estimate of drug-likeness (QED) is 0.561. The fraction of sp³-hybridized carbons (Fsp3) is 0. The zero-order valence-electron chi connectivity index (χ0n) is 7.40. The fourth-order valence-corrected chi connectivity index (χ4v) is 1.84. The van der Waals surface area contributed by atoms with Crippen molar-refractivity contribution >= 4 is 23.1 Å². The molecular weight excluding hydrogens is 174 g/mol. The summed E-state index contributed by atoms with van der Waals surface area (Å²) in [7, 11) is 0. The van der Waals surface area contributed by atoms with E-state index in [0.29, 0.717) is 0 Å². The van der Waals surface area contributed by atoms with Gasteiger partial charge in [0.1, 0.15) is 0 Å². The van der Waals surface area contributed by atoms with Crippen LogP contribution >= 0.6 is 0 Å². The number of benzene rings is 1. The first kappa shape index (κ1) is 7.44. The number of carbonyl (C=O) groups excluding carboxylic acids is 1. The number of nitrogens with zero attached hydrogens (tertiary/aromatic N) is 1. The van der Waals surface area contributed by atoms with Gasteiger partial charge < -0.3 is 0 Å². The molecule has 0 unspecified atom stereocenters. The summed E-state index contributed by atoms with van der Waals surface area (Å²) < 4.78 is 0. The van der Waals surface area contributed by atoms with Crippen LogP contribution in [0.4, 0.5) is 0 Å². The maximum absolute atomic E-state index is 11.6. The average molecular weight is 181 g/mol. The number of fused-ring (bicyclic) bond motifs is 2. The summed E-state index contributed by atoms with van der Waals surface area (Å²) in [6.07, 6.45) is 5.02. The van der Waals surface area contributed by atoms with Crippen molar-refractivity contribution in [2.75, 3.05) is 0 Å². The molecule has 3 rings (SSSR count). The van der Waals surface area contributed by atoms with Crippen molar-refractivity contribution in [3.63, 3.8) is 0 Å². The van der Waals surface area contributed by atoms with Crippen LogP contribution in [0.5, 0.6) is 0 Å². The lowest BCUT2D eigenvalue weighted by atomic mass is 10.1. The molecule has 1 aromatic carbocycles. The molecule has 0 saturated heterocycles. The predicted octanol–water partition coefficient (Wildman–Crippen LogP) is 0.169. The highest BCUT2D eigenvalue weighted by molar-refractivity contribution is 6.55. The molecule has 0 amide bonds. The van der Waals surface area contributed by atoms with Gasteiger partial charge in [0.25, 0.3) is 0 Å². The summed E-state index contributed by atoms with van der Waals surface area (Å²) in [5.74, 6) is 0.0520. The second-order valence-corrected chi connectivity index (χ2v) is 3.30. The lowest BCUT2D eigenvalue weighted by Crippen LogP contribution is -2.24. The third-order valence-electron chi connectivity index (χ3n) is 2.46. The number of aliphatic imine (C=N–C) groups is 1. The first-order valence-corrected chi connectivity index (χ1v) is 4.46. The van der Waals surface area contributed by atoms with Gasteiger partial charge >= 0.3 is 0 Å². The Balaban J connectivity index is 2.51. The van der Waals surface area contributed by atoms with E-state index in [1.54, 1.807) is 6.20 Å². The molecule has 0 bridgehead atoms. The smallest absolute Gasteiger partial charge is 0.190 e. The highest BCUT2D eigenvalue weighted by Gasteiger charge is 2.19. The summed E-state index contributed by atoms with van der Waals surface area (Å²) in [5.41, 5.74) is 1.53. The Morgan fingerprint density at radius 1 is 1.14 bits per heavy atom. The Kier molecular flexibility index (Phi) is 1.34. The third-order valence-corrected chi connectivity index (χ3v) is 2.46. The summed E-state index contributed by atoms with van der Waals surface area (Å²) in [6.45, 7) is 0. The van der Waals surface area contributed by atoms with Crippen molar-refractivity contribution in [1.82, 2.24) is 0 Å². The number of carbonyl (C=O) groups is 1. The van der Waals surface area contributed by atoms with E-state index in [4.69, 9.17) is 0 Å². The van der Waals surface area contributed by atoms with Crippen molar-refractivity contribution in [3.8, 4) is 0 Å². The molecule has 1 aliphatic carbocycles. The van der Waals surface area contributed by atoms with Gasteiger partial charge in [-0.2, -0.15) is 0 Å². The van der Waals surface area contributed by atoms with Crippen molar-refractivity contribution < 1.29 is 4.79 Å². The van der Waals surface area contributed by atoms with Crippen LogP contribution in [0.25, 0.3) is 11.6 Å². The largest absolute Gasteiger partial charge is 0.289 e. The first-order chi connectivity index (χ1) is 6.86. The van der Waals surface area contributed by atoms with E-state index < -0.39 is 0 Å². The van der Waals surface area contributed by atoms with E-state index in [9.17, 15) is 4.79 Å². The predicted molar refractivity (Wildman–Crippen MR) is 55.1 cm³/mol. The van der Waals surface area contributed by atoms with Crippen LogP contribution in [0.3, 0.4) is 0 Å². The summed E-state index contributed by atoms with van der Waals surface area (Å²) in [6, 6.07) is 7.86. The van der Waals surface area contributed by atoms with Crippen LogP contribution in [-0.2, 0) is 4.79 Å². The Morgan fingerprint density at radius 3 is 2.93 bits per heavy atom. The van der Waals surface area contributed by atoms with Gasteiger partial charge in [-0.05, 0) is 16.5 Å². The van der Waals surface area contributed by atoms with Crippen molar-refractivity contribution in [2.45, 2.75) is 0 Å². The Hall–Kier alpha value is -1.96. The minimum atomic E-state index is 0.0520. The van der Waals surface area contributed by atoms with E-state index >= 15 is 0 Å². The Bertz CT molecular complexity index is 605. The van der Waals surface area contributed by atoms with Gasteiger partial charge in [0, 0.05) is 12.3 Å². The SMILES string of the molecule is O=C1C=CN=C2C=c3ccccc3=C12. The van der Waals surface area contributed by atoms with E-state index in [1.165, 1.54) is 6.08 Å². The number of hydrogen-bond donors (Lipinski definition) is 0. The van der Waals surface area contributed by atoms with Crippen molar-refractivity contribution in [2.24, 2.45) is 4.99 Å². The summed E-state index contributed by atoms with van der Waals surface area (Å²) in [5, 5.41) is 2.08. The molecule has 1 aliphatic heterocycles. The highest BCUT2D eigenvalue weighted by Crippen LogP contribution is 2.10. The lowest BCUT2D eigenvalue weighted by molar-refractivity contribution is -0.109. The summed E-state index contributed by atoms with van der Waals surface area (Å²) in [4.78, 5) is 15.8. The monoisotopic (exact) mass is 181 g/mol. The standard InChI is InChI=1S/C12H7NO/c14-11-5-6-13-10-7-8-3-1-2-4-9(8)12(10)11/h1-7H. The van der Waals surface area contributed by atoms with Gasteiger partial charge in [-0.15, -0.1) is 0 Å². The molecule has 0 fully saturated rings. The maximum Gasteiger partial charge on any atom is 0.190 e. The Morgan fingerprint density at radius 2 is 2.00 bits per heavy atom. The third kappa shape index (κ3) is 0.852. The molecule has 0 radical (unpaired) electrons. The molecule has 2 nitrogen and oxygen atoms in total. The molecular formula is C12H7NO. The molecule has 1 aromatic rings. The van der Waals surface area contributed by atoms with Gasteiger partial charge in [0.2, 0.25) is 0 Å². The van der Waals surface area contributed by atoms with Crippen molar-refractivity contribution in [1.29, 1.82) is 0 Å². The molecule has 1 heterocycles. The molecule has 0 spiro atoms. The van der Waals surface area contributed by atoms with Crippen LogP contribution in [0, 0.1) is 0 Å². The lowest BCUT2D eigenvalue weighted by Gasteiger charge is -2.02. The molecule has 0 saturated carbocycles. The van der Waals surface area contributed by atoms with Gasteiger partial charge in [0.15, 0.2) is 5.78 Å². The molecule has 14 heavy (non-hydrogen) atoms. The van der Waals surface area contributed by atoms with Crippen LogP contribution in [0.1, 0.15) is 0 Å². The average Bonchev–Trinajstić information content (AvgIpc) is 2.57. The normalized spacial score (nSPS) is 17.3. The van der Waals surface area contributed by atoms with Gasteiger partial charge in [-0.25, -0.2) is 0 Å². The number of allylic oxidation sites excluding steroid dienone is 1. The van der Waals surface area contributed by atoms with Gasteiger partial charge in [0.05, 0.1) is 11.3 Å². The number of ketones is 1. The van der Waals surface area contributed by atoms with Gasteiger partial charge in [-0.3, -0.25) is 9.79 Å². The maximum atomic E-state index is 11.6. The zero-order chi connectivity index (χ0) is 9.54. The first-order valence-electron chi connectivity index (χ1n) is 4.46. The van der Waals surface area contributed by atoms with Crippen molar-refractivity contribution in [3.05, 3.63) is 47.0 Å². The molecule has 0 atom stereocenters. The minimum absolute atomic E-state index is 0.0520. The number of rotatable bonds is 0. The molecule has 0 N–H and O–H groups in total. The van der Waals surface area contributed by atoms with Crippen LogP contribution in [0.2, 0.25) is 0 Å². The number of hydrogen-bond acceptors (Lipinski definition) is 2. The Labute approximate surface area is 80.6 Å². The molecule has 2 aliphatic rings. The van der Waals surface area contributed by atoms with E-state index in [1.807, 2.05) is 30.3 Å². The molecule has 66 valence electrons. The van der Waals surface area contributed by atoms with E-state index in [2.05, 4.69) is 4.99 Å². The molecule has 2 heteroatoms. The molecule has 0 aromatic heterocycles. The second kappa shape index (κ2) is 2.51.